The number of guanidine groups is 1. The number of fused-ring (bicyclic) bond motifs is 1. The zero-order chi connectivity index (χ0) is 15.9. The van der Waals surface area contributed by atoms with Crippen LogP contribution in [0.4, 0.5) is 0 Å². The van der Waals surface area contributed by atoms with Crippen LogP contribution in [0.3, 0.4) is 0 Å². The fourth-order valence-corrected chi connectivity index (χ4v) is 3.79. The van der Waals surface area contributed by atoms with Crippen molar-refractivity contribution in [1.82, 2.24) is 25.4 Å². The summed E-state index contributed by atoms with van der Waals surface area (Å²) >= 11 is 0. The first-order valence-corrected chi connectivity index (χ1v) is 9.22. The predicted octanol–water partition coefficient (Wildman–Crippen LogP) is 2.25. The summed E-state index contributed by atoms with van der Waals surface area (Å²) in [7, 11) is 1.82. The van der Waals surface area contributed by atoms with Crippen molar-refractivity contribution < 1.29 is 0 Å². The molecule has 1 aromatic rings. The maximum atomic E-state index is 4.29. The number of unbranched alkanes of at least 4 members (excludes halogenated alkanes) is 1. The third-order valence-electron chi connectivity index (χ3n) is 5.13. The Labute approximate surface area is 139 Å². The summed E-state index contributed by atoms with van der Waals surface area (Å²) in [5.41, 5.74) is 0. The van der Waals surface area contributed by atoms with Gasteiger partial charge in [0.2, 0.25) is 0 Å². The monoisotopic (exact) mass is 318 g/mol. The molecule has 0 saturated heterocycles. The van der Waals surface area contributed by atoms with E-state index in [1.807, 2.05) is 7.05 Å². The molecule has 2 N–H and O–H groups in total. The molecule has 1 aliphatic carbocycles. The average molecular weight is 318 g/mol. The molecule has 1 saturated carbocycles. The van der Waals surface area contributed by atoms with Gasteiger partial charge in [0, 0.05) is 26.6 Å². The van der Waals surface area contributed by atoms with Crippen LogP contribution in [-0.2, 0) is 19.5 Å². The summed E-state index contributed by atoms with van der Waals surface area (Å²) < 4.78 is 2.22. The first-order chi connectivity index (χ1) is 11.4. The fourth-order valence-electron chi connectivity index (χ4n) is 3.79. The van der Waals surface area contributed by atoms with Crippen LogP contribution in [0.1, 0.15) is 63.0 Å². The molecule has 1 aromatic heterocycles. The van der Waals surface area contributed by atoms with Crippen molar-refractivity contribution >= 4 is 5.96 Å². The second-order valence-electron chi connectivity index (χ2n) is 6.79. The lowest BCUT2D eigenvalue weighted by Gasteiger charge is -2.12. The molecule has 128 valence electrons. The number of aryl methyl sites for hydroxylation is 1. The molecule has 1 aliphatic heterocycles. The Bertz CT molecular complexity index is 515. The van der Waals surface area contributed by atoms with E-state index in [1.54, 1.807) is 0 Å². The third kappa shape index (κ3) is 4.45. The van der Waals surface area contributed by atoms with Crippen LogP contribution in [0.15, 0.2) is 4.99 Å². The largest absolute Gasteiger partial charge is 0.356 e. The molecule has 0 aromatic carbocycles. The summed E-state index contributed by atoms with van der Waals surface area (Å²) in [6, 6.07) is 0. The van der Waals surface area contributed by atoms with Gasteiger partial charge in [-0.3, -0.25) is 4.99 Å². The van der Waals surface area contributed by atoms with Gasteiger partial charge in [-0.1, -0.05) is 38.5 Å². The highest BCUT2D eigenvalue weighted by molar-refractivity contribution is 5.79. The summed E-state index contributed by atoms with van der Waals surface area (Å²) in [6.45, 7) is 2.73. The van der Waals surface area contributed by atoms with Crippen molar-refractivity contribution in [2.75, 3.05) is 13.6 Å². The van der Waals surface area contributed by atoms with E-state index < -0.39 is 0 Å². The van der Waals surface area contributed by atoms with E-state index in [4.69, 9.17) is 0 Å². The number of rotatable bonds is 7. The second kappa shape index (κ2) is 8.31. The van der Waals surface area contributed by atoms with Gasteiger partial charge in [0.05, 0.1) is 6.54 Å². The number of hydrogen-bond acceptors (Lipinski definition) is 3. The summed E-state index contributed by atoms with van der Waals surface area (Å²) in [5.74, 6) is 4.00. The van der Waals surface area contributed by atoms with E-state index in [9.17, 15) is 0 Å². The summed E-state index contributed by atoms with van der Waals surface area (Å²) in [6.07, 6.45) is 12.0. The van der Waals surface area contributed by atoms with Gasteiger partial charge < -0.3 is 15.2 Å². The molecule has 3 rings (SSSR count). The molecule has 0 amide bonds. The van der Waals surface area contributed by atoms with Gasteiger partial charge in [0.15, 0.2) is 11.8 Å². The SMILES string of the molecule is CN=C(NCCCCC1CCCC1)NCc1nnc2n1CCC2. The van der Waals surface area contributed by atoms with Crippen LogP contribution in [0.2, 0.25) is 0 Å². The Balaban J connectivity index is 1.32. The molecule has 0 bridgehead atoms. The molecule has 1 fully saturated rings. The number of hydrogen-bond donors (Lipinski definition) is 2. The van der Waals surface area contributed by atoms with Crippen LogP contribution in [0.25, 0.3) is 0 Å². The topological polar surface area (TPSA) is 67.1 Å². The van der Waals surface area contributed by atoms with Crippen LogP contribution in [0, 0.1) is 5.92 Å². The number of nitrogens with zero attached hydrogens (tertiary/aromatic N) is 4. The summed E-state index contributed by atoms with van der Waals surface area (Å²) in [5, 5.41) is 15.3. The summed E-state index contributed by atoms with van der Waals surface area (Å²) in [4.78, 5) is 4.29. The maximum Gasteiger partial charge on any atom is 0.191 e. The van der Waals surface area contributed by atoms with Crippen LogP contribution >= 0.6 is 0 Å². The van der Waals surface area contributed by atoms with Crippen molar-refractivity contribution in [3.8, 4) is 0 Å². The van der Waals surface area contributed by atoms with Gasteiger partial charge in [-0.25, -0.2) is 0 Å². The highest BCUT2D eigenvalue weighted by atomic mass is 15.3. The zero-order valence-corrected chi connectivity index (χ0v) is 14.4. The number of nitrogens with one attached hydrogen (secondary N) is 2. The lowest BCUT2D eigenvalue weighted by molar-refractivity contribution is 0.472. The highest BCUT2D eigenvalue weighted by Crippen LogP contribution is 2.28. The molecule has 0 spiro atoms. The van der Waals surface area contributed by atoms with Crippen LogP contribution < -0.4 is 10.6 Å². The molecule has 0 radical (unpaired) electrons. The Kier molecular flexibility index (Phi) is 5.88. The molecule has 0 unspecified atom stereocenters. The third-order valence-corrected chi connectivity index (χ3v) is 5.13. The maximum absolute atomic E-state index is 4.29. The Hall–Kier alpha value is -1.59. The zero-order valence-electron chi connectivity index (χ0n) is 14.4. The highest BCUT2D eigenvalue weighted by Gasteiger charge is 2.17. The minimum Gasteiger partial charge on any atom is -0.356 e. The van der Waals surface area contributed by atoms with Crippen molar-refractivity contribution in [3.63, 3.8) is 0 Å². The quantitative estimate of drug-likeness (QED) is 0.460. The first kappa shape index (κ1) is 16.3. The number of aliphatic imine (C=N–C) groups is 1. The Morgan fingerprint density at radius 1 is 1.17 bits per heavy atom. The normalized spacial score (nSPS) is 18.4. The van der Waals surface area contributed by atoms with E-state index in [1.165, 1.54) is 51.4 Å². The number of aromatic nitrogens is 3. The van der Waals surface area contributed by atoms with Gasteiger partial charge in [0.25, 0.3) is 0 Å². The molecule has 6 nitrogen and oxygen atoms in total. The minimum atomic E-state index is 0.689. The molecular weight excluding hydrogens is 288 g/mol. The van der Waals surface area contributed by atoms with Gasteiger partial charge in [-0.05, 0) is 18.8 Å². The second-order valence-corrected chi connectivity index (χ2v) is 6.79. The average Bonchev–Trinajstić information content (AvgIpc) is 3.28. The van der Waals surface area contributed by atoms with Gasteiger partial charge in [0.1, 0.15) is 5.82 Å². The van der Waals surface area contributed by atoms with E-state index >= 15 is 0 Å². The van der Waals surface area contributed by atoms with Crippen molar-refractivity contribution in [2.24, 2.45) is 10.9 Å². The van der Waals surface area contributed by atoms with Gasteiger partial charge in [-0.15, -0.1) is 10.2 Å². The van der Waals surface area contributed by atoms with E-state index in [0.717, 1.165) is 43.0 Å². The van der Waals surface area contributed by atoms with E-state index in [-0.39, 0.29) is 0 Å². The lowest BCUT2D eigenvalue weighted by Crippen LogP contribution is -2.37. The van der Waals surface area contributed by atoms with Crippen molar-refractivity contribution in [1.29, 1.82) is 0 Å². The van der Waals surface area contributed by atoms with Gasteiger partial charge in [-0.2, -0.15) is 0 Å². The minimum absolute atomic E-state index is 0.689. The van der Waals surface area contributed by atoms with Crippen LogP contribution in [0.5, 0.6) is 0 Å². The van der Waals surface area contributed by atoms with E-state index in [2.05, 4.69) is 30.4 Å². The predicted molar refractivity (Wildman–Crippen MR) is 92.4 cm³/mol. The Morgan fingerprint density at radius 3 is 2.87 bits per heavy atom. The van der Waals surface area contributed by atoms with Crippen molar-refractivity contribution in [3.05, 3.63) is 11.6 Å². The lowest BCUT2D eigenvalue weighted by atomic mass is 10.0. The Morgan fingerprint density at radius 2 is 2.04 bits per heavy atom. The fraction of sp³-hybridized carbons (Fsp3) is 0.824. The van der Waals surface area contributed by atoms with Gasteiger partial charge >= 0.3 is 0 Å². The first-order valence-electron chi connectivity index (χ1n) is 9.22. The molecule has 0 atom stereocenters. The molecule has 2 aliphatic rings. The molecule has 6 heteroatoms. The standard InChI is InChI=1S/C17H30N6/c1-18-17(19-11-5-4-9-14-7-2-3-8-14)20-13-16-22-21-15-10-6-12-23(15)16/h14H,2-13H2,1H3,(H2,18,19,20). The molecule has 23 heavy (non-hydrogen) atoms. The molecular formula is C17H30N6. The van der Waals surface area contributed by atoms with Crippen molar-refractivity contribution in [2.45, 2.75) is 70.9 Å². The van der Waals surface area contributed by atoms with E-state index in [0.29, 0.717) is 6.54 Å². The molecule has 2 heterocycles. The smallest absolute Gasteiger partial charge is 0.191 e. The van der Waals surface area contributed by atoms with Crippen LogP contribution in [-0.4, -0.2) is 34.3 Å².